The van der Waals surface area contributed by atoms with Crippen molar-refractivity contribution in [2.45, 2.75) is 20.3 Å². The van der Waals surface area contributed by atoms with Gasteiger partial charge in [0, 0.05) is 10.6 Å². The highest BCUT2D eigenvalue weighted by atomic mass is 35.5. The van der Waals surface area contributed by atoms with E-state index in [2.05, 4.69) is 39.8 Å². The molecule has 0 aliphatic heterocycles. The fraction of sp³-hybridized carbons (Fsp3) is 0.150. The van der Waals surface area contributed by atoms with E-state index in [1.807, 2.05) is 31.2 Å². The molecule has 132 valence electrons. The van der Waals surface area contributed by atoms with E-state index in [0.29, 0.717) is 16.4 Å². The van der Waals surface area contributed by atoms with Crippen molar-refractivity contribution in [1.29, 1.82) is 0 Å². The zero-order valence-corrected chi connectivity index (χ0v) is 15.3. The smallest absolute Gasteiger partial charge is 0.272 e. The Kier molecular flexibility index (Phi) is 5.49. The number of nitrogens with one attached hydrogen (secondary N) is 2. The summed E-state index contributed by atoms with van der Waals surface area (Å²) in [6.45, 7) is 3.93. The first-order valence-corrected chi connectivity index (χ1v) is 8.70. The zero-order valence-electron chi connectivity index (χ0n) is 14.6. The molecule has 6 heteroatoms. The summed E-state index contributed by atoms with van der Waals surface area (Å²) in [5, 5.41) is 11.8. The van der Waals surface area contributed by atoms with Crippen molar-refractivity contribution in [1.82, 2.24) is 15.6 Å². The number of hydrogen-bond acceptors (Lipinski definition) is 3. The van der Waals surface area contributed by atoms with Gasteiger partial charge < -0.3 is 0 Å². The molecule has 26 heavy (non-hydrogen) atoms. The van der Waals surface area contributed by atoms with Crippen molar-refractivity contribution in [3.05, 3.63) is 76.4 Å². The summed E-state index contributed by atoms with van der Waals surface area (Å²) in [6, 6.07) is 17.1. The second kappa shape index (κ2) is 7.97. The van der Waals surface area contributed by atoms with Crippen LogP contribution in [0.25, 0.3) is 11.3 Å². The van der Waals surface area contributed by atoms with E-state index in [9.17, 15) is 4.79 Å². The number of aryl methyl sites for hydroxylation is 1. The normalized spacial score (nSPS) is 11.4. The number of hydrazone groups is 1. The van der Waals surface area contributed by atoms with Crippen LogP contribution in [0.3, 0.4) is 0 Å². The van der Waals surface area contributed by atoms with Crippen LogP contribution in [0, 0.1) is 0 Å². The Morgan fingerprint density at radius 1 is 1.15 bits per heavy atom. The lowest BCUT2D eigenvalue weighted by Crippen LogP contribution is -2.19. The number of benzene rings is 2. The number of amides is 1. The third-order valence-electron chi connectivity index (χ3n) is 4.07. The Hall–Kier alpha value is -2.92. The topological polar surface area (TPSA) is 70.1 Å². The van der Waals surface area contributed by atoms with Gasteiger partial charge in [0.05, 0.1) is 11.4 Å². The zero-order chi connectivity index (χ0) is 18.5. The van der Waals surface area contributed by atoms with Gasteiger partial charge in [-0.25, -0.2) is 5.43 Å². The summed E-state index contributed by atoms with van der Waals surface area (Å²) >= 11 is 5.87. The molecule has 0 atom stereocenters. The first kappa shape index (κ1) is 17.9. The number of rotatable bonds is 5. The summed E-state index contributed by atoms with van der Waals surface area (Å²) in [6.07, 6.45) is 0.986. The van der Waals surface area contributed by atoms with Gasteiger partial charge >= 0.3 is 0 Å². The molecule has 0 unspecified atom stereocenters. The van der Waals surface area contributed by atoms with Gasteiger partial charge in [0.15, 0.2) is 0 Å². The lowest BCUT2D eigenvalue weighted by molar-refractivity contribution is 0.0950. The average Bonchev–Trinajstić information content (AvgIpc) is 3.17. The number of carbonyl (C=O) groups excluding carboxylic acids is 1. The molecule has 0 radical (unpaired) electrons. The maximum Gasteiger partial charge on any atom is 0.289 e. The van der Waals surface area contributed by atoms with Crippen molar-refractivity contribution in [2.24, 2.45) is 5.10 Å². The highest BCUT2D eigenvalue weighted by Gasteiger charge is 2.11. The quantitative estimate of drug-likeness (QED) is 0.517. The summed E-state index contributed by atoms with van der Waals surface area (Å²) in [5.41, 5.74) is 7.40. The molecule has 0 bridgehead atoms. The fourth-order valence-electron chi connectivity index (χ4n) is 2.45. The van der Waals surface area contributed by atoms with E-state index < -0.39 is 0 Å². The van der Waals surface area contributed by atoms with Gasteiger partial charge in [-0.05, 0) is 42.7 Å². The van der Waals surface area contributed by atoms with Crippen LogP contribution in [-0.4, -0.2) is 21.8 Å². The first-order valence-electron chi connectivity index (χ1n) is 8.32. The molecule has 0 aliphatic rings. The van der Waals surface area contributed by atoms with Gasteiger partial charge in [-0.1, -0.05) is 54.9 Å². The standard InChI is InChI=1S/C20H19ClN4O/c1-3-14-4-6-16(7-5-14)18-12-19(24-23-18)20(26)25-22-13(2)15-8-10-17(21)11-9-15/h4-12H,3H2,1-2H3,(H,23,24)(H,25,26). The number of aromatic amines is 1. The highest BCUT2D eigenvalue weighted by molar-refractivity contribution is 6.30. The Bertz CT molecular complexity index is 927. The minimum Gasteiger partial charge on any atom is -0.272 e. The number of halogens is 1. The highest BCUT2D eigenvalue weighted by Crippen LogP contribution is 2.18. The lowest BCUT2D eigenvalue weighted by atomic mass is 10.1. The Balaban J connectivity index is 1.69. The molecular weight excluding hydrogens is 348 g/mol. The van der Waals surface area contributed by atoms with Crippen molar-refractivity contribution < 1.29 is 4.79 Å². The number of H-pyrrole nitrogens is 1. The van der Waals surface area contributed by atoms with Gasteiger partial charge in [0.2, 0.25) is 0 Å². The average molecular weight is 367 g/mol. The van der Waals surface area contributed by atoms with Crippen molar-refractivity contribution >= 4 is 23.2 Å². The summed E-state index contributed by atoms with van der Waals surface area (Å²) in [5.74, 6) is -0.345. The van der Waals surface area contributed by atoms with Crippen LogP contribution >= 0.6 is 11.6 Å². The summed E-state index contributed by atoms with van der Waals surface area (Å²) < 4.78 is 0. The van der Waals surface area contributed by atoms with Gasteiger partial charge in [-0.3, -0.25) is 9.89 Å². The third kappa shape index (κ3) is 4.18. The van der Waals surface area contributed by atoms with Crippen molar-refractivity contribution in [3.63, 3.8) is 0 Å². The molecule has 0 fully saturated rings. The predicted octanol–water partition coefficient (Wildman–Crippen LogP) is 4.45. The molecule has 1 heterocycles. The van der Waals surface area contributed by atoms with E-state index in [1.165, 1.54) is 5.56 Å². The van der Waals surface area contributed by atoms with Gasteiger partial charge in [-0.15, -0.1) is 0 Å². The molecule has 3 aromatic rings. The van der Waals surface area contributed by atoms with E-state index in [-0.39, 0.29) is 5.91 Å². The second-order valence-corrected chi connectivity index (χ2v) is 6.30. The van der Waals surface area contributed by atoms with Gasteiger partial charge in [0.1, 0.15) is 5.69 Å². The molecule has 3 rings (SSSR count). The maximum absolute atomic E-state index is 12.3. The maximum atomic E-state index is 12.3. The largest absolute Gasteiger partial charge is 0.289 e. The molecule has 0 aliphatic carbocycles. The third-order valence-corrected chi connectivity index (χ3v) is 4.32. The van der Waals surface area contributed by atoms with Crippen LogP contribution in [0.4, 0.5) is 0 Å². The number of nitrogens with zero attached hydrogens (tertiary/aromatic N) is 2. The summed E-state index contributed by atoms with van der Waals surface area (Å²) in [4.78, 5) is 12.3. The van der Waals surface area contributed by atoms with Crippen LogP contribution in [0.5, 0.6) is 0 Å². The van der Waals surface area contributed by atoms with Crippen molar-refractivity contribution in [3.8, 4) is 11.3 Å². The van der Waals surface area contributed by atoms with Gasteiger partial charge in [0.25, 0.3) is 5.91 Å². The molecule has 0 spiro atoms. The predicted molar refractivity (Wildman–Crippen MR) is 105 cm³/mol. The SMILES string of the molecule is CCc1ccc(-c2cc(C(=O)NN=C(C)c3ccc(Cl)cc3)[nH]n2)cc1. The second-order valence-electron chi connectivity index (χ2n) is 5.86. The monoisotopic (exact) mass is 366 g/mol. The Morgan fingerprint density at radius 3 is 2.50 bits per heavy atom. The van der Waals surface area contributed by atoms with Crippen LogP contribution in [-0.2, 0) is 6.42 Å². The number of aromatic nitrogens is 2. The first-order chi connectivity index (χ1) is 12.6. The molecule has 1 aromatic heterocycles. The van der Waals surface area contributed by atoms with Crippen molar-refractivity contribution in [2.75, 3.05) is 0 Å². The van der Waals surface area contributed by atoms with Crippen LogP contribution in [0.2, 0.25) is 5.02 Å². The molecule has 1 amide bonds. The van der Waals surface area contributed by atoms with E-state index in [4.69, 9.17) is 11.6 Å². The van der Waals surface area contributed by atoms with Crippen LogP contribution in [0.15, 0.2) is 59.7 Å². The molecule has 2 N–H and O–H groups in total. The molecular formula is C20H19ClN4O. The van der Waals surface area contributed by atoms with E-state index in [0.717, 1.165) is 23.2 Å². The van der Waals surface area contributed by atoms with Crippen LogP contribution in [0.1, 0.15) is 35.5 Å². The van der Waals surface area contributed by atoms with E-state index in [1.54, 1.807) is 18.2 Å². The summed E-state index contributed by atoms with van der Waals surface area (Å²) in [7, 11) is 0. The number of carbonyl (C=O) groups is 1. The molecule has 0 saturated heterocycles. The minimum atomic E-state index is -0.345. The van der Waals surface area contributed by atoms with E-state index >= 15 is 0 Å². The Labute approximate surface area is 157 Å². The molecule has 0 saturated carbocycles. The fourth-order valence-corrected chi connectivity index (χ4v) is 2.57. The number of hydrogen-bond donors (Lipinski definition) is 2. The minimum absolute atomic E-state index is 0.345. The lowest BCUT2D eigenvalue weighted by Gasteiger charge is -2.02. The molecule has 5 nitrogen and oxygen atoms in total. The Morgan fingerprint density at radius 2 is 1.85 bits per heavy atom. The van der Waals surface area contributed by atoms with Gasteiger partial charge in [-0.2, -0.15) is 10.2 Å². The van der Waals surface area contributed by atoms with Crippen LogP contribution < -0.4 is 5.43 Å². The molecule has 2 aromatic carbocycles.